The van der Waals surface area contributed by atoms with Crippen molar-refractivity contribution in [3.63, 3.8) is 0 Å². The highest BCUT2D eigenvalue weighted by Gasteiger charge is 2.48. The molecule has 3 fully saturated rings. The normalized spacial score (nSPS) is 27.6. The smallest absolute Gasteiger partial charge is 0.248 e. The van der Waals surface area contributed by atoms with Crippen LogP contribution < -0.4 is 32.3 Å². The maximum absolute atomic E-state index is 14.4. The summed E-state index contributed by atoms with van der Waals surface area (Å²) in [5.41, 5.74) is 6.24. The van der Waals surface area contributed by atoms with Gasteiger partial charge in [0.25, 0.3) is 0 Å². The van der Waals surface area contributed by atoms with Crippen LogP contribution in [0.1, 0.15) is 136 Å². The molecule has 3 unspecified atom stereocenters. The monoisotopic (exact) mass is 1060 g/mol. The molecule has 0 aliphatic carbocycles. The molecule has 0 bridgehead atoms. The van der Waals surface area contributed by atoms with Gasteiger partial charge in [0.05, 0.1) is 43.0 Å². The van der Waals surface area contributed by atoms with Crippen LogP contribution in [0, 0.1) is 11.8 Å². The number of nitrogens with two attached hydrogens (primary N) is 1. The summed E-state index contributed by atoms with van der Waals surface area (Å²) >= 11 is 0. The first-order valence-corrected chi connectivity index (χ1v) is 26.7. The Hall–Kier alpha value is -5.46. The Balaban J connectivity index is 1.67. The minimum atomic E-state index is -2.10. The number of aromatic hydroxyl groups is 1. The van der Waals surface area contributed by atoms with Gasteiger partial charge in [-0.3, -0.25) is 38.4 Å². The molecule has 75 heavy (non-hydrogen) atoms. The SMILES string of the molecule is CCc1cc(C[C@@H](O)[C@@H]2NC(=O)[C@@H]3C[C@@H](O)CN3C(=O)[C@H]([C@H](C)O)NC(=O)C(NC(=O)CCCCCCCCC(C)CC(C)CC)C[C@@H](O)CNC(=O)[C@@H]3[C@@H](O)CCN3C(=O)[C@H]([C@@H](O)CC(N)=O)NC2=O)ccc1O. The first-order valence-electron chi connectivity index (χ1n) is 26.7. The Morgan fingerprint density at radius 2 is 1.40 bits per heavy atom. The second-order valence-electron chi connectivity index (χ2n) is 21.0. The van der Waals surface area contributed by atoms with E-state index in [1.54, 1.807) is 13.0 Å². The molecule has 14 N–H and O–H groups in total. The van der Waals surface area contributed by atoms with Crippen LogP contribution in [0.25, 0.3) is 0 Å². The van der Waals surface area contributed by atoms with Crippen molar-refractivity contribution in [2.45, 2.75) is 210 Å². The van der Waals surface area contributed by atoms with Gasteiger partial charge in [-0.1, -0.05) is 84.8 Å². The first kappa shape index (κ1) is 62.1. The highest BCUT2D eigenvalue weighted by Crippen LogP contribution is 2.26. The van der Waals surface area contributed by atoms with Crippen LogP contribution in [0.15, 0.2) is 18.2 Å². The van der Waals surface area contributed by atoms with E-state index in [0.717, 1.165) is 54.7 Å². The van der Waals surface area contributed by atoms with Gasteiger partial charge in [0, 0.05) is 45.3 Å². The third-order valence-corrected chi connectivity index (χ3v) is 14.6. The van der Waals surface area contributed by atoms with Gasteiger partial charge in [0.15, 0.2) is 0 Å². The van der Waals surface area contributed by atoms with Gasteiger partial charge < -0.3 is 77.9 Å². The van der Waals surface area contributed by atoms with Crippen molar-refractivity contribution in [3.8, 4) is 5.75 Å². The molecule has 0 saturated carbocycles. The molecule has 0 aromatic heterocycles. The molecule has 1 aromatic carbocycles. The van der Waals surface area contributed by atoms with Gasteiger partial charge in [-0.25, -0.2) is 0 Å². The van der Waals surface area contributed by atoms with Crippen molar-refractivity contribution in [1.29, 1.82) is 0 Å². The predicted molar refractivity (Wildman–Crippen MR) is 272 cm³/mol. The summed E-state index contributed by atoms with van der Waals surface area (Å²) in [5, 5.41) is 89.6. The number of phenols is 1. The molecule has 4 rings (SSSR count). The number of aliphatic hydroxyl groups excluding tert-OH is 6. The van der Waals surface area contributed by atoms with E-state index in [1.165, 1.54) is 25.5 Å². The van der Waals surface area contributed by atoms with Gasteiger partial charge in [0.1, 0.15) is 42.0 Å². The van der Waals surface area contributed by atoms with Crippen LogP contribution in [-0.2, 0) is 51.2 Å². The van der Waals surface area contributed by atoms with Crippen LogP contribution >= 0.6 is 0 Å². The van der Waals surface area contributed by atoms with Crippen molar-refractivity contribution < 1.29 is 74.1 Å². The Labute approximate surface area is 439 Å². The zero-order valence-corrected chi connectivity index (χ0v) is 44.1. The van der Waals surface area contributed by atoms with Gasteiger partial charge in [-0.15, -0.1) is 0 Å². The fraction of sp³-hybridized carbons (Fsp3) is 0.731. The summed E-state index contributed by atoms with van der Waals surface area (Å²) in [5.74, 6) is -7.11. The molecule has 422 valence electrons. The van der Waals surface area contributed by atoms with Crippen molar-refractivity contribution in [2.24, 2.45) is 17.6 Å². The Morgan fingerprint density at radius 3 is 2.05 bits per heavy atom. The van der Waals surface area contributed by atoms with Crippen LogP contribution in [0.5, 0.6) is 5.75 Å². The lowest BCUT2D eigenvalue weighted by atomic mass is 9.91. The molecule has 0 radical (unpaired) electrons. The number of aryl methyl sites for hydroxylation is 1. The summed E-state index contributed by atoms with van der Waals surface area (Å²) in [4.78, 5) is 113. The average Bonchev–Trinajstić information content (AvgIpc) is 3.95. The lowest BCUT2D eigenvalue weighted by Gasteiger charge is -2.33. The first-order chi connectivity index (χ1) is 35.4. The van der Waals surface area contributed by atoms with E-state index in [4.69, 9.17) is 5.73 Å². The summed E-state index contributed by atoms with van der Waals surface area (Å²) in [6.07, 6.45) is -3.34. The molecule has 23 heteroatoms. The maximum Gasteiger partial charge on any atom is 0.248 e. The van der Waals surface area contributed by atoms with E-state index >= 15 is 0 Å². The fourth-order valence-corrected chi connectivity index (χ4v) is 10.2. The molecule has 3 heterocycles. The standard InChI is InChI=1S/C52H84N8O15/c1-6-28(3)20-29(4)14-12-10-8-9-11-13-15-42(69)55-35-23-33(62)26-54-50(73)46-38(65)18-19-59(46)52(75)45(40(67)25-41(53)68)58-49(72)44(39(66)22-31-16-17-37(64)32(7-2)21-31)57-48(71)36-24-34(63)27-60(36)51(74)43(30(5)61)56-47(35)70/h16-17,21,28-30,33-36,38-40,43-46,61-67H,6-15,18-20,22-27H2,1-5H3,(H2,53,68)(H,54,73)(H,55,69)(H,56,70)(H,57,71)(H,58,72)/t28?,29?,30-,33+,34+,35?,36-,38-,39+,40-,43-,44-,45-,46-/m0/s1. The third-order valence-electron chi connectivity index (χ3n) is 14.6. The largest absolute Gasteiger partial charge is 0.508 e. The number of nitrogens with one attached hydrogen (secondary N) is 5. The molecule has 23 nitrogen and oxygen atoms in total. The van der Waals surface area contributed by atoms with Gasteiger partial charge in [-0.2, -0.15) is 0 Å². The number of fused-ring (bicyclic) bond motifs is 2. The van der Waals surface area contributed by atoms with Crippen molar-refractivity contribution >= 4 is 47.3 Å². The number of hydrogen-bond donors (Lipinski definition) is 13. The van der Waals surface area contributed by atoms with E-state index in [0.29, 0.717) is 35.8 Å². The van der Waals surface area contributed by atoms with Gasteiger partial charge >= 0.3 is 0 Å². The maximum atomic E-state index is 14.4. The summed E-state index contributed by atoms with van der Waals surface area (Å²) in [6.45, 7) is 8.25. The molecule has 3 saturated heterocycles. The number of aliphatic hydroxyl groups is 6. The number of carbonyl (C=O) groups excluding carboxylic acids is 8. The predicted octanol–water partition coefficient (Wildman–Crippen LogP) is -1.59. The number of nitrogens with zero attached hydrogens (tertiary/aromatic N) is 2. The number of rotatable bonds is 21. The van der Waals surface area contributed by atoms with Crippen molar-refractivity contribution in [2.75, 3.05) is 19.6 Å². The molecule has 3 aliphatic heterocycles. The van der Waals surface area contributed by atoms with Crippen molar-refractivity contribution in [3.05, 3.63) is 29.3 Å². The van der Waals surface area contributed by atoms with Gasteiger partial charge in [-0.05, 0) is 61.6 Å². The average molecular weight is 1060 g/mol. The van der Waals surface area contributed by atoms with Crippen LogP contribution in [-0.4, -0.2) is 185 Å². The Kier molecular flexibility index (Phi) is 24.6. The van der Waals surface area contributed by atoms with E-state index in [-0.39, 0.29) is 31.6 Å². The lowest BCUT2D eigenvalue weighted by Crippen LogP contribution is -2.64. The Morgan fingerprint density at radius 1 is 0.760 bits per heavy atom. The van der Waals surface area contributed by atoms with E-state index in [9.17, 15) is 74.1 Å². The molecule has 0 spiro atoms. The quantitative estimate of drug-likeness (QED) is 0.0618. The van der Waals surface area contributed by atoms with Gasteiger partial charge in [0.2, 0.25) is 47.3 Å². The minimum Gasteiger partial charge on any atom is -0.508 e. The highest BCUT2D eigenvalue weighted by molar-refractivity contribution is 5.98. The lowest BCUT2D eigenvalue weighted by molar-refractivity contribution is -0.147. The van der Waals surface area contributed by atoms with E-state index in [1.807, 2.05) is 0 Å². The summed E-state index contributed by atoms with van der Waals surface area (Å²) in [7, 11) is 0. The molecule has 14 atom stereocenters. The molecule has 3 aliphatic rings. The second kappa shape index (κ2) is 29.7. The number of unbranched alkanes of at least 4 members (excludes halogenated alkanes) is 5. The van der Waals surface area contributed by atoms with Crippen LogP contribution in [0.2, 0.25) is 0 Å². The number of carbonyl (C=O) groups is 8. The number of primary amides is 1. The number of amides is 8. The zero-order chi connectivity index (χ0) is 55.7. The van der Waals surface area contributed by atoms with Crippen molar-refractivity contribution in [1.82, 2.24) is 36.4 Å². The molecular formula is C52H84N8O15. The van der Waals surface area contributed by atoms with E-state index in [2.05, 4.69) is 47.4 Å². The zero-order valence-electron chi connectivity index (χ0n) is 44.1. The summed E-state index contributed by atoms with van der Waals surface area (Å²) in [6, 6.07) is -6.47. The third kappa shape index (κ3) is 18.4. The number of hydrogen-bond acceptors (Lipinski definition) is 15. The van der Waals surface area contributed by atoms with Crippen LogP contribution in [0.4, 0.5) is 0 Å². The number of β-amino-alcohol motifs (C(OH)–C–C–N with tert-alkyl or cyclic N) is 1. The topological polar surface area (TPSA) is 371 Å². The minimum absolute atomic E-state index is 0.00407. The molecular weight excluding hydrogens is 977 g/mol. The van der Waals surface area contributed by atoms with E-state index < -0.39 is 152 Å². The highest BCUT2D eigenvalue weighted by atomic mass is 16.3. The Bertz CT molecular complexity index is 2110. The number of benzene rings is 1. The fourth-order valence-electron chi connectivity index (χ4n) is 10.2. The summed E-state index contributed by atoms with van der Waals surface area (Å²) < 4.78 is 0. The number of phenolic OH excluding ortho intramolecular Hbond substituents is 1. The molecule has 1 aromatic rings. The molecule has 8 amide bonds. The van der Waals surface area contributed by atoms with Crippen LogP contribution in [0.3, 0.4) is 0 Å². The second-order valence-corrected chi connectivity index (χ2v) is 21.0.